The van der Waals surface area contributed by atoms with E-state index in [2.05, 4.69) is 34.0 Å². The molecule has 0 aliphatic carbocycles. The number of aromatic nitrogens is 4. The van der Waals surface area contributed by atoms with Crippen molar-refractivity contribution >= 4 is 28.4 Å². The highest BCUT2D eigenvalue weighted by molar-refractivity contribution is 8.00. The molecule has 3 aromatic rings. The van der Waals surface area contributed by atoms with Crippen molar-refractivity contribution in [2.24, 2.45) is 0 Å². The molecule has 0 fully saturated rings. The fraction of sp³-hybridized carbons (Fsp3) is 0.312. The first-order valence-electron chi connectivity index (χ1n) is 7.25. The number of carbonyl (C=O) groups is 1. The van der Waals surface area contributed by atoms with Crippen LogP contribution in [-0.4, -0.2) is 31.2 Å². The predicted molar refractivity (Wildman–Crippen MR) is 88.4 cm³/mol. The Morgan fingerprint density at radius 2 is 2.00 bits per heavy atom. The van der Waals surface area contributed by atoms with Gasteiger partial charge in [0, 0.05) is 28.6 Å². The molecule has 0 radical (unpaired) electrons. The first kappa shape index (κ1) is 14.8. The van der Waals surface area contributed by atoms with Gasteiger partial charge in [0.1, 0.15) is 5.82 Å². The highest BCUT2D eigenvalue weighted by atomic mass is 32.2. The van der Waals surface area contributed by atoms with Crippen molar-refractivity contribution in [1.29, 1.82) is 0 Å². The number of benzene rings is 1. The van der Waals surface area contributed by atoms with Gasteiger partial charge in [0.05, 0.1) is 5.25 Å². The minimum Gasteiger partial charge on any atom is -0.360 e. The fourth-order valence-corrected chi connectivity index (χ4v) is 3.07. The number of hydrogen-bond donors (Lipinski definition) is 2. The molecule has 0 spiro atoms. The minimum absolute atomic E-state index is 0.0818. The zero-order chi connectivity index (χ0) is 15.7. The van der Waals surface area contributed by atoms with Crippen molar-refractivity contribution < 1.29 is 4.79 Å². The number of hydrogen-bond acceptors (Lipinski definition) is 4. The number of fused-ring (bicyclic) bond motifs is 1. The molecule has 5 nitrogen and oxygen atoms in total. The van der Waals surface area contributed by atoms with Crippen LogP contribution in [-0.2, 0) is 0 Å². The monoisotopic (exact) mass is 314 g/mol. The number of nitrogens with one attached hydrogen (secondary N) is 2. The van der Waals surface area contributed by atoms with Gasteiger partial charge in [0.25, 0.3) is 0 Å². The second-order valence-electron chi connectivity index (χ2n) is 5.53. The Bertz CT molecular complexity index is 805. The van der Waals surface area contributed by atoms with Crippen LogP contribution in [0.2, 0.25) is 0 Å². The zero-order valence-electron chi connectivity index (χ0n) is 12.8. The summed E-state index contributed by atoms with van der Waals surface area (Å²) < 4.78 is 0. The van der Waals surface area contributed by atoms with Gasteiger partial charge in [-0.2, -0.15) is 0 Å². The van der Waals surface area contributed by atoms with Gasteiger partial charge < -0.3 is 4.98 Å². The number of rotatable bonds is 5. The zero-order valence-corrected chi connectivity index (χ0v) is 13.6. The summed E-state index contributed by atoms with van der Waals surface area (Å²) in [6.45, 7) is 5.99. The van der Waals surface area contributed by atoms with Gasteiger partial charge in [0.15, 0.2) is 5.78 Å². The molecule has 22 heavy (non-hydrogen) atoms. The van der Waals surface area contributed by atoms with E-state index in [1.165, 1.54) is 11.8 Å². The molecule has 1 aromatic carbocycles. The molecular weight excluding hydrogens is 296 g/mol. The third-order valence-electron chi connectivity index (χ3n) is 3.54. The maximum atomic E-state index is 12.7. The fourth-order valence-electron chi connectivity index (χ4n) is 2.28. The predicted octanol–water partition coefficient (Wildman–Crippen LogP) is 3.77. The number of Topliss-reactive ketones (excluding diaryl/α,β-unsaturated/α-hetero) is 1. The van der Waals surface area contributed by atoms with Crippen LogP contribution in [0.4, 0.5) is 0 Å². The molecular formula is C16H18N4OS. The van der Waals surface area contributed by atoms with Crippen LogP contribution in [0, 0.1) is 0 Å². The lowest BCUT2D eigenvalue weighted by Crippen LogP contribution is -2.13. The Morgan fingerprint density at radius 1 is 1.23 bits per heavy atom. The van der Waals surface area contributed by atoms with Crippen molar-refractivity contribution in [3.63, 3.8) is 0 Å². The maximum absolute atomic E-state index is 12.7. The molecule has 0 aliphatic heterocycles. The maximum Gasteiger partial charge on any atom is 0.209 e. The third-order valence-corrected chi connectivity index (χ3v) is 4.50. The molecule has 0 aliphatic rings. The number of ketones is 1. The van der Waals surface area contributed by atoms with Crippen LogP contribution in [0.25, 0.3) is 10.9 Å². The summed E-state index contributed by atoms with van der Waals surface area (Å²) in [6, 6.07) is 7.81. The summed E-state index contributed by atoms with van der Waals surface area (Å²) in [6.07, 6.45) is 1.78. The molecule has 2 heterocycles. The van der Waals surface area contributed by atoms with E-state index in [0.717, 1.165) is 22.3 Å². The second kappa shape index (κ2) is 5.96. The van der Waals surface area contributed by atoms with E-state index in [1.807, 2.05) is 31.2 Å². The Hall–Kier alpha value is -2.08. The second-order valence-corrected chi connectivity index (χ2v) is 6.84. The Kier molecular flexibility index (Phi) is 4.02. The van der Waals surface area contributed by atoms with Crippen molar-refractivity contribution in [3.8, 4) is 0 Å². The van der Waals surface area contributed by atoms with Gasteiger partial charge in [0.2, 0.25) is 5.16 Å². The van der Waals surface area contributed by atoms with E-state index in [4.69, 9.17) is 0 Å². The number of carbonyl (C=O) groups excluding carboxylic acids is 1. The standard InChI is InChI=1S/C16H18N4OS/c1-9(2)15-18-16(20-19-15)22-10(3)14(21)12-8-17-13-7-5-4-6-11(12)13/h4-10,17H,1-3H3,(H,18,19,20)/t10-/m1/s1. The number of nitrogens with zero attached hydrogens (tertiary/aromatic N) is 2. The molecule has 0 unspecified atom stereocenters. The Balaban J connectivity index is 1.79. The minimum atomic E-state index is -0.241. The molecule has 0 bridgehead atoms. The largest absolute Gasteiger partial charge is 0.360 e. The van der Waals surface area contributed by atoms with Gasteiger partial charge in [-0.25, -0.2) is 4.98 Å². The molecule has 2 aromatic heterocycles. The normalized spacial score (nSPS) is 12.9. The van der Waals surface area contributed by atoms with Crippen LogP contribution < -0.4 is 0 Å². The van der Waals surface area contributed by atoms with Crippen molar-refractivity contribution in [2.45, 2.75) is 37.1 Å². The average molecular weight is 314 g/mol. The third kappa shape index (κ3) is 2.78. The van der Waals surface area contributed by atoms with Gasteiger partial charge in [-0.3, -0.25) is 9.89 Å². The van der Waals surface area contributed by atoms with Crippen LogP contribution in [0.3, 0.4) is 0 Å². The van der Waals surface area contributed by atoms with E-state index in [1.54, 1.807) is 6.20 Å². The first-order chi connectivity index (χ1) is 10.6. The van der Waals surface area contributed by atoms with E-state index >= 15 is 0 Å². The molecule has 0 saturated heterocycles. The molecule has 114 valence electrons. The van der Waals surface area contributed by atoms with Gasteiger partial charge in [-0.05, 0) is 13.0 Å². The summed E-state index contributed by atoms with van der Waals surface area (Å²) in [5.74, 6) is 1.22. The lowest BCUT2D eigenvalue weighted by atomic mass is 10.1. The van der Waals surface area contributed by atoms with E-state index in [9.17, 15) is 4.79 Å². The first-order valence-corrected chi connectivity index (χ1v) is 8.13. The van der Waals surface area contributed by atoms with Crippen LogP contribution in [0.1, 0.15) is 42.9 Å². The molecule has 0 saturated carbocycles. The SMILES string of the molecule is CC(C)c1nc(S[C@H](C)C(=O)c2c[nH]c3ccccc23)n[nH]1. The van der Waals surface area contributed by atoms with E-state index in [-0.39, 0.29) is 11.0 Å². The Labute approximate surface area is 132 Å². The summed E-state index contributed by atoms with van der Waals surface area (Å²) in [5.41, 5.74) is 1.69. The van der Waals surface area contributed by atoms with Crippen LogP contribution in [0.15, 0.2) is 35.6 Å². The summed E-state index contributed by atoms with van der Waals surface area (Å²) in [7, 11) is 0. The average Bonchev–Trinajstić information content (AvgIpc) is 3.13. The molecule has 2 N–H and O–H groups in total. The molecule has 1 atom stereocenters. The van der Waals surface area contributed by atoms with Crippen LogP contribution in [0.5, 0.6) is 0 Å². The lowest BCUT2D eigenvalue weighted by molar-refractivity contribution is 0.0995. The van der Waals surface area contributed by atoms with Crippen LogP contribution >= 0.6 is 11.8 Å². The lowest BCUT2D eigenvalue weighted by Gasteiger charge is -2.06. The number of para-hydroxylation sites is 1. The van der Waals surface area contributed by atoms with Crippen molar-refractivity contribution in [1.82, 2.24) is 20.2 Å². The quantitative estimate of drug-likeness (QED) is 0.555. The summed E-state index contributed by atoms with van der Waals surface area (Å²) >= 11 is 1.38. The summed E-state index contributed by atoms with van der Waals surface area (Å²) in [5, 5.41) is 8.42. The van der Waals surface area contributed by atoms with Gasteiger partial charge in [-0.15, -0.1) is 5.10 Å². The number of thioether (sulfide) groups is 1. The van der Waals surface area contributed by atoms with E-state index < -0.39 is 0 Å². The number of H-pyrrole nitrogens is 2. The molecule has 6 heteroatoms. The molecule has 0 amide bonds. The van der Waals surface area contributed by atoms with Gasteiger partial charge >= 0.3 is 0 Å². The van der Waals surface area contributed by atoms with Gasteiger partial charge in [-0.1, -0.05) is 43.8 Å². The highest BCUT2D eigenvalue weighted by Gasteiger charge is 2.21. The Morgan fingerprint density at radius 3 is 2.73 bits per heavy atom. The topological polar surface area (TPSA) is 74.4 Å². The molecule has 3 rings (SSSR count). The smallest absolute Gasteiger partial charge is 0.209 e. The highest BCUT2D eigenvalue weighted by Crippen LogP contribution is 2.26. The number of aromatic amines is 2. The van der Waals surface area contributed by atoms with Crippen molar-refractivity contribution in [2.75, 3.05) is 0 Å². The van der Waals surface area contributed by atoms with E-state index in [0.29, 0.717) is 11.1 Å². The van der Waals surface area contributed by atoms with Crippen molar-refractivity contribution in [3.05, 3.63) is 41.9 Å². The summed E-state index contributed by atoms with van der Waals surface area (Å²) in [4.78, 5) is 20.2.